The van der Waals surface area contributed by atoms with Crippen LogP contribution in [0, 0.1) is 13.8 Å². The summed E-state index contributed by atoms with van der Waals surface area (Å²) < 4.78 is 2.01. The zero-order valence-corrected chi connectivity index (χ0v) is 12.8. The summed E-state index contributed by atoms with van der Waals surface area (Å²) in [5.74, 6) is 0. The van der Waals surface area contributed by atoms with Gasteiger partial charge in [-0.05, 0) is 44.4 Å². The Labute approximate surface area is 121 Å². The third-order valence-corrected chi connectivity index (χ3v) is 3.74. The second-order valence-electron chi connectivity index (χ2n) is 5.57. The smallest absolute Gasteiger partial charge is 0.0644 e. The lowest BCUT2D eigenvalue weighted by molar-refractivity contribution is 0.471. The summed E-state index contributed by atoms with van der Waals surface area (Å²) in [6.45, 7) is 8.44. The van der Waals surface area contributed by atoms with Crippen molar-refractivity contribution in [2.24, 2.45) is 5.73 Å². The predicted octanol–water partition coefficient (Wildman–Crippen LogP) is 3.11. The third kappa shape index (κ3) is 3.25. The molecule has 2 aromatic heterocycles. The molecule has 4 heteroatoms. The highest BCUT2D eigenvalue weighted by molar-refractivity contribution is 5.26. The van der Waals surface area contributed by atoms with Crippen LogP contribution in [0.25, 0.3) is 0 Å². The number of hydrogen-bond acceptors (Lipinski definition) is 3. The molecule has 0 amide bonds. The number of aromatic nitrogens is 3. The summed E-state index contributed by atoms with van der Waals surface area (Å²) in [6, 6.07) is 4.50. The molecule has 0 aliphatic carbocycles. The minimum atomic E-state index is -0.101. The molecule has 0 fully saturated rings. The van der Waals surface area contributed by atoms with Gasteiger partial charge in [0.1, 0.15) is 0 Å². The summed E-state index contributed by atoms with van der Waals surface area (Å²) in [7, 11) is 0. The van der Waals surface area contributed by atoms with Gasteiger partial charge in [0.05, 0.1) is 17.4 Å². The van der Waals surface area contributed by atoms with Crippen LogP contribution in [-0.4, -0.2) is 14.8 Å². The quantitative estimate of drug-likeness (QED) is 0.910. The molecule has 2 aromatic rings. The number of rotatable bonds is 5. The molecule has 2 rings (SSSR count). The molecule has 4 nitrogen and oxygen atoms in total. The minimum Gasteiger partial charge on any atom is -0.322 e. The predicted molar refractivity (Wildman–Crippen MR) is 81.6 cm³/mol. The second-order valence-corrected chi connectivity index (χ2v) is 5.57. The number of aryl methyl sites for hydroxylation is 2. The largest absolute Gasteiger partial charge is 0.322 e. The van der Waals surface area contributed by atoms with Gasteiger partial charge in [0, 0.05) is 24.9 Å². The summed E-state index contributed by atoms with van der Waals surface area (Å²) >= 11 is 0. The van der Waals surface area contributed by atoms with Crippen LogP contribution < -0.4 is 5.73 Å². The van der Waals surface area contributed by atoms with Gasteiger partial charge >= 0.3 is 0 Å². The summed E-state index contributed by atoms with van der Waals surface area (Å²) in [4.78, 5) is 4.47. The van der Waals surface area contributed by atoms with Crippen LogP contribution in [0.2, 0.25) is 0 Å². The van der Waals surface area contributed by atoms with Gasteiger partial charge in [0.15, 0.2) is 0 Å². The molecule has 20 heavy (non-hydrogen) atoms. The second kappa shape index (κ2) is 6.18. The third-order valence-electron chi connectivity index (χ3n) is 3.74. The molecule has 0 radical (unpaired) electrons. The van der Waals surface area contributed by atoms with Gasteiger partial charge in [-0.3, -0.25) is 9.67 Å². The molecule has 108 valence electrons. The lowest BCUT2D eigenvalue weighted by Crippen LogP contribution is -2.17. The molecule has 0 aromatic carbocycles. The molecule has 2 atom stereocenters. The SMILES string of the molecule is CCC(C)n1ccc(CC(N)c2ncc(C)cc2C)n1. The van der Waals surface area contributed by atoms with E-state index in [1.807, 2.05) is 24.0 Å². The van der Waals surface area contributed by atoms with Crippen LogP contribution in [0.4, 0.5) is 0 Å². The van der Waals surface area contributed by atoms with E-state index >= 15 is 0 Å². The van der Waals surface area contributed by atoms with Crippen LogP contribution in [0.1, 0.15) is 54.9 Å². The van der Waals surface area contributed by atoms with Crippen molar-refractivity contribution in [3.63, 3.8) is 0 Å². The van der Waals surface area contributed by atoms with Gasteiger partial charge < -0.3 is 5.73 Å². The Balaban J connectivity index is 2.11. The molecule has 0 spiro atoms. The summed E-state index contributed by atoms with van der Waals surface area (Å²) in [5.41, 5.74) is 10.6. The topological polar surface area (TPSA) is 56.7 Å². The molecule has 0 aliphatic rings. The van der Waals surface area contributed by atoms with E-state index in [4.69, 9.17) is 5.73 Å². The van der Waals surface area contributed by atoms with E-state index in [2.05, 4.69) is 43.0 Å². The zero-order valence-electron chi connectivity index (χ0n) is 12.8. The van der Waals surface area contributed by atoms with Crippen molar-refractivity contribution >= 4 is 0 Å². The van der Waals surface area contributed by atoms with Gasteiger partial charge in [-0.25, -0.2) is 0 Å². The summed E-state index contributed by atoms with van der Waals surface area (Å²) in [5, 5.41) is 4.60. The van der Waals surface area contributed by atoms with Gasteiger partial charge in [-0.15, -0.1) is 0 Å². The van der Waals surface area contributed by atoms with Gasteiger partial charge in [-0.2, -0.15) is 5.10 Å². The molecule has 0 bridgehead atoms. The highest BCUT2D eigenvalue weighted by Gasteiger charge is 2.14. The first-order chi connectivity index (χ1) is 9.51. The average molecular weight is 272 g/mol. The Hall–Kier alpha value is -1.68. The van der Waals surface area contributed by atoms with Crippen molar-refractivity contribution in [1.29, 1.82) is 0 Å². The molecule has 0 saturated heterocycles. The van der Waals surface area contributed by atoms with E-state index in [1.165, 1.54) is 5.56 Å². The maximum Gasteiger partial charge on any atom is 0.0644 e. The molecule has 0 saturated carbocycles. The van der Waals surface area contributed by atoms with E-state index in [-0.39, 0.29) is 6.04 Å². The fraction of sp³-hybridized carbons (Fsp3) is 0.500. The molecular weight excluding hydrogens is 248 g/mol. The fourth-order valence-electron chi connectivity index (χ4n) is 2.35. The van der Waals surface area contributed by atoms with Crippen LogP contribution in [0.3, 0.4) is 0 Å². The van der Waals surface area contributed by atoms with E-state index in [9.17, 15) is 0 Å². The van der Waals surface area contributed by atoms with Crippen molar-refractivity contribution in [2.75, 3.05) is 0 Å². The lowest BCUT2D eigenvalue weighted by atomic mass is 10.0. The maximum atomic E-state index is 6.28. The van der Waals surface area contributed by atoms with Crippen molar-refractivity contribution < 1.29 is 0 Å². The molecule has 2 unspecified atom stereocenters. The average Bonchev–Trinajstić information content (AvgIpc) is 2.86. The fourth-order valence-corrected chi connectivity index (χ4v) is 2.35. The van der Waals surface area contributed by atoms with Crippen molar-refractivity contribution in [1.82, 2.24) is 14.8 Å². The van der Waals surface area contributed by atoms with E-state index in [1.54, 1.807) is 0 Å². The molecular formula is C16H24N4. The van der Waals surface area contributed by atoms with Gasteiger partial charge in [0.2, 0.25) is 0 Å². The maximum absolute atomic E-state index is 6.28. The van der Waals surface area contributed by atoms with Gasteiger partial charge in [0.25, 0.3) is 0 Å². The standard InChI is InChI=1S/C16H24N4/c1-5-13(4)20-7-6-14(19-20)9-15(17)16-12(3)8-11(2)10-18-16/h6-8,10,13,15H,5,9,17H2,1-4H3. The van der Waals surface area contributed by atoms with Crippen molar-refractivity contribution in [2.45, 2.75) is 52.6 Å². The number of pyridine rings is 1. The number of hydrogen-bond donors (Lipinski definition) is 1. The first-order valence-corrected chi connectivity index (χ1v) is 7.24. The van der Waals surface area contributed by atoms with Crippen molar-refractivity contribution in [3.05, 3.63) is 47.0 Å². The molecule has 2 heterocycles. The Morgan fingerprint density at radius 2 is 2.10 bits per heavy atom. The summed E-state index contributed by atoms with van der Waals surface area (Å²) in [6.07, 6.45) is 5.71. The highest BCUT2D eigenvalue weighted by atomic mass is 15.3. The highest BCUT2D eigenvalue weighted by Crippen LogP contribution is 2.18. The Morgan fingerprint density at radius 3 is 2.75 bits per heavy atom. The molecule has 0 aliphatic heterocycles. The van der Waals surface area contributed by atoms with E-state index < -0.39 is 0 Å². The molecule has 2 N–H and O–H groups in total. The number of nitrogens with two attached hydrogens (primary N) is 1. The monoisotopic (exact) mass is 272 g/mol. The first-order valence-electron chi connectivity index (χ1n) is 7.24. The van der Waals surface area contributed by atoms with Gasteiger partial charge in [-0.1, -0.05) is 13.0 Å². The normalized spacial score (nSPS) is 14.2. The van der Waals surface area contributed by atoms with Crippen LogP contribution in [0.15, 0.2) is 24.5 Å². The Kier molecular flexibility index (Phi) is 4.55. The Bertz CT molecular complexity index is 574. The van der Waals surface area contributed by atoms with Crippen LogP contribution in [-0.2, 0) is 6.42 Å². The lowest BCUT2D eigenvalue weighted by Gasteiger charge is -2.13. The Morgan fingerprint density at radius 1 is 1.35 bits per heavy atom. The van der Waals surface area contributed by atoms with Crippen LogP contribution >= 0.6 is 0 Å². The minimum absolute atomic E-state index is 0.101. The van der Waals surface area contributed by atoms with Crippen LogP contribution in [0.5, 0.6) is 0 Å². The zero-order chi connectivity index (χ0) is 14.7. The number of nitrogens with zero attached hydrogens (tertiary/aromatic N) is 3. The van der Waals surface area contributed by atoms with Crippen molar-refractivity contribution in [3.8, 4) is 0 Å². The van der Waals surface area contributed by atoms with E-state index in [0.717, 1.165) is 29.8 Å². The first kappa shape index (κ1) is 14.7. The van der Waals surface area contributed by atoms with E-state index in [0.29, 0.717) is 6.04 Å².